The van der Waals surface area contributed by atoms with E-state index < -0.39 is 16.6 Å². The van der Waals surface area contributed by atoms with E-state index in [1.54, 1.807) is 0 Å². The van der Waals surface area contributed by atoms with E-state index in [0.717, 1.165) is 156 Å². The Hall–Kier alpha value is -14.3. The third-order valence-corrected chi connectivity index (χ3v) is 21.4. The number of fused-ring (bicyclic) bond motifs is 8. The van der Waals surface area contributed by atoms with Crippen LogP contribution in [0.15, 0.2) is 394 Å². The first-order valence-electron chi connectivity index (χ1n) is 37.1. The quantitative estimate of drug-likeness (QED) is 0.0355. The third-order valence-electron chi connectivity index (χ3n) is 21.4. The Kier molecular flexibility index (Phi) is 17.7. The molecule has 520 valence electrons. The van der Waals surface area contributed by atoms with Gasteiger partial charge in [-0.1, -0.05) is 346 Å². The van der Waals surface area contributed by atoms with E-state index in [9.17, 15) is 0 Å². The van der Waals surface area contributed by atoms with Gasteiger partial charge in [0.2, 0.25) is 0 Å². The van der Waals surface area contributed by atoms with Crippen LogP contribution >= 0.6 is 0 Å². The predicted octanol–water partition coefficient (Wildman–Crippen LogP) is 24.1. The number of rotatable bonds is 19. The lowest BCUT2D eigenvalue weighted by Crippen LogP contribution is -2.38. The van der Waals surface area contributed by atoms with E-state index in [2.05, 4.69) is 426 Å². The molecule has 0 saturated heterocycles. The zero-order valence-corrected chi connectivity index (χ0v) is 59.8. The molecule has 0 saturated carbocycles. The molecule has 2 aliphatic heterocycles. The number of aromatic amines is 2. The normalized spacial score (nSPS) is 12.0. The summed E-state index contributed by atoms with van der Waals surface area (Å²) in [6.45, 7) is 0. The van der Waals surface area contributed by atoms with Gasteiger partial charge in [0, 0.05) is 89.3 Å². The maximum Gasteiger partial charge on any atom is 0.114 e. The highest BCUT2D eigenvalue weighted by Gasteiger charge is 2.41. The molecule has 0 unspecified atom stereocenters. The second-order valence-corrected chi connectivity index (χ2v) is 27.6. The van der Waals surface area contributed by atoms with E-state index in [4.69, 9.17) is 15.7 Å². The number of nitrogen functional groups attached to an aromatic ring is 1. The highest BCUT2D eigenvalue weighted by molar-refractivity contribution is 6.04. The number of H-pyrrole nitrogens is 2. The maximum absolute atomic E-state index is 7.22. The van der Waals surface area contributed by atoms with Crippen LogP contribution in [0.3, 0.4) is 0 Å². The van der Waals surface area contributed by atoms with Crippen LogP contribution in [-0.2, 0) is 16.6 Å². The monoisotopic (exact) mass is 1400 g/mol. The van der Waals surface area contributed by atoms with Crippen LogP contribution in [-0.4, -0.2) is 19.9 Å². The van der Waals surface area contributed by atoms with Crippen molar-refractivity contribution < 1.29 is 0 Å². The van der Waals surface area contributed by atoms with E-state index >= 15 is 0 Å². The number of anilines is 4. The van der Waals surface area contributed by atoms with Gasteiger partial charge in [0.1, 0.15) is 16.6 Å². The largest absolute Gasteiger partial charge is 0.398 e. The SMILES string of the molecule is Nc1ccccc1-c1c2nc(c(-c3ccccc3NC(c3ccccc3)(c3ccccc3)c3ccccc3)c3ccc([nH]3)c(-c3ccccc3NC(c3ccccc3)(c3ccccc3)c3ccccc3)c3nc(c(-c4ccccc4NC(c4ccccc4)(c4ccccc4)c4ccccc4)c4ccc1[nH]4)C=C3)C=C2. The molecule has 18 rings (SSSR count). The molecular formula is C101H76N8. The molecule has 16 aromatic rings. The van der Waals surface area contributed by atoms with Crippen molar-refractivity contribution >= 4 is 69.1 Å². The lowest BCUT2D eigenvalue weighted by atomic mass is 9.76. The Labute approximate surface area is 635 Å². The summed E-state index contributed by atoms with van der Waals surface area (Å²) in [5.74, 6) is 0. The summed E-state index contributed by atoms with van der Waals surface area (Å²) in [4.78, 5) is 20.2. The number of hydrogen-bond donors (Lipinski definition) is 6. The molecule has 8 bridgehead atoms. The van der Waals surface area contributed by atoms with Crippen LogP contribution in [0.25, 0.3) is 90.9 Å². The van der Waals surface area contributed by atoms with Gasteiger partial charge in [-0.3, -0.25) is 0 Å². The lowest BCUT2D eigenvalue weighted by molar-refractivity contribution is 0.712. The number of para-hydroxylation sites is 4. The summed E-state index contributed by atoms with van der Waals surface area (Å²) < 4.78 is 0. The zero-order chi connectivity index (χ0) is 73.0. The first kappa shape index (κ1) is 66.6. The molecule has 8 nitrogen and oxygen atoms in total. The predicted molar refractivity (Wildman–Crippen MR) is 454 cm³/mol. The molecular weight excluding hydrogens is 1330 g/mol. The van der Waals surface area contributed by atoms with Crippen molar-refractivity contribution in [2.45, 2.75) is 16.6 Å². The number of nitrogens with one attached hydrogen (secondary N) is 5. The van der Waals surface area contributed by atoms with Crippen LogP contribution < -0.4 is 21.7 Å². The van der Waals surface area contributed by atoms with Gasteiger partial charge in [-0.05, 0) is 123 Å². The molecule has 0 fully saturated rings. The van der Waals surface area contributed by atoms with Gasteiger partial charge in [-0.15, -0.1) is 0 Å². The number of nitrogens with two attached hydrogens (primary N) is 1. The molecule has 13 aromatic carbocycles. The second kappa shape index (κ2) is 29.0. The van der Waals surface area contributed by atoms with Gasteiger partial charge in [0.25, 0.3) is 0 Å². The second-order valence-electron chi connectivity index (χ2n) is 27.6. The summed E-state index contributed by atoms with van der Waals surface area (Å²) in [7, 11) is 0. The van der Waals surface area contributed by atoms with Crippen molar-refractivity contribution in [3.63, 3.8) is 0 Å². The summed E-state index contributed by atoms with van der Waals surface area (Å²) in [5.41, 5.74) is 30.9. The van der Waals surface area contributed by atoms with Crippen molar-refractivity contribution in [1.29, 1.82) is 0 Å². The fourth-order valence-corrected chi connectivity index (χ4v) is 16.4. The number of nitrogens with zero attached hydrogens (tertiary/aromatic N) is 2. The van der Waals surface area contributed by atoms with Crippen molar-refractivity contribution in [2.75, 3.05) is 21.7 Å². The molecule has 2 aliphatic rings. The number of aromatic nitrogens is 4. The minimum Gasteiger partial charge on any atom is -0.398 e. The molecule has 8 heteroatoms. The summed E-state index contributed by atoms with van der Waals surface area (Å²) in [6.07, 6.45) is 8.67. The molecule has 0 atom stereocenters. The van der Waals surface area contributed by atoms with Crippen LogP contribution in [0, 0.1) is 0 Å². The van der Waals surface area contributed by atoms with E-state index in [1.807, 2.05) is 18.2 Å². The van der Waals surface area contributed by atoms with Crippen molar-refractivity contribution in [3.8, 4) is 44.5 Å². The Balaban J connectivity index is 0.952. The Morgan fingerprint density at radius 1 is 0.202 bits per heavy atom. The Bertz CT molecular complexity index is 5720. The lowest BCUT2D eigenvalue weighted by Gasteiger charge is -2.38. The molecule has 109 heavy (non-hydrogen) atoms. The first-order valence-corrected chi connectivity index (χ1v) is 37.1. The van der Waals surface area contributed by atoms with E-state index in [1.165, 1.54) is 0 Å². The van der Waals surface area contributed by atoms with Crippen LogP contribution in [0.2, 0.25) is 0 Å². The van der Waals surface area contributed by atoms with Gasteiger partial charge in [-0.2, -0.15) is 0 Å². The maximum atomic E-state index is 7.22. The third kappa shape index (κ3) is 12.1. The molecule has 5 heterocycles. The van der Waals surface area contributed by atoms with Gasteiger partial charge < -0.3 is 31.7 Å². The summed E-state index contributed by atoms with van der Waals surface area (Å²) >= 11 is 0. The minimum absolute atomic E-state index is 0.617. The average Bonchev–Trinajstić information content (AvgIpc) is 1.73. The topological polar surface area (TPSA) is 119 Å². The van der Waals surface area contributed by atoms with Crippen LogP contribution in [0.1, 0.15) is 72.8 Å². The van der Waals surface area contributed by atoms with Crippen molar-refractivity contribution in [2.24, 2.45) is 0 Å². The highest BCUT2D eigenvalue weighted by Crippen LogP contribution is 2.50. The van der Waals surface area contributed by atoms with Gasteiger partial charge in [0.05, 0.1) is 22.8 Å². The summed E-state index contributed by atoms with van der Waals surface area (Å²) in [6, 6.07) is 140. The van der Waals surface area contributed by atoms with E-state index in [0.29, 0.717) is 5.69 Å². The Morgan fingerprint density at radius 3 is 0.606 bits per heavy atom. The Morgan fingerprint density at radius 2 is 0.385 bits per heavy atom. The minimum atomic E-state index is -0.894. The standard InChI is InChI=1S/C101H76N8/c102-83-58-32-28-54-79(83)95-87-62-64-89(103-87)96(80-55-29-33-59-84(80)107-99(70-36-10-1-11-37-70,71-38-12-2-13-39-71)72-40-14-3-15-41-72)91-66-68-93(105-91)98(82-57-31-35-61-86(82)109-101(76-48-22-7-23-49-76,77-50-24-8-25-51-77)78-52-26-9-27-53-78)94-69-67-92(106-94)97(90-65-63-88(95)104-90)81-56-30-34-60-85(81)108-100(73-42-16-4-17-43-73,74-44-18-5-19-45-74)75-46-20-6-21-47-75/h1-69,103,106-109H,102H2. The average molecular weight is 1400 g/mol. The van der Waals surface area contributed by atoms with Crippen LogP contribution in [0.4, 0.5) is 22.7 Å². The zero-order valence-electron chi connectivity index (χ0n) is 59.8. The number of hydrogen-bond acceptors (Lipinski definition) is 6. The van der Waals surface area contributed by atoms with Crippen LogP contribution in [0.5, 0.6) is 0 Å². The van der Waals surface area contributed by atoms with Gasteiger partial charge in [0.15, 0.2) is 0 Å². The van der Waals surface area contributed by atoms with Gasteiger partial charge >= 0.3 is 0 Å². The van der Waals surface area contributed by atoms with Crippen molar-refractivity contribution in [3.05, 3.63) is 467 Å². The number of benzene rings is 13. The van der Waals surface area contributed by atoms with Gasteiger partial charge in [-0.25, -0.2) is 9.97 Å². The van der Waals surface area contributed by atoms with E-state index in [-0.39, 0.29) is 0 Å². The fraction of sp³-hybridized carbons (Fsp3) is 0.0297. The molecule has 0 aliphatic carbocycles. The molecule has 0 spiro atoms. The summed E-state index contributed by atoms with van der Waals surface area (Å²) in [5, 5.41) is 13.0. The first-order chi connectivity index (χ1) is 53.9. The van der Waals surface area contributed by atoms with Crippen molar-refractivity contribution in [1.82, 2.24) is 19.9 Å². The smallest absolute Gasteiger partial charge is 0.114 e. The molecule has 7 N–H and O–H groups in total. The highest BCUT2D eigenvalue weighted by atomic mass is 15.0. The molecule has 0 amide bonds. The molecule has 3 aromatic heterocycles. The fourth-order valence-electron chi connectivity index (χ4n) is 16.4. The molecule has 0 radical (unpaired) electrons.